The van der Waals surface area contributed by atoms with Gasteiger partial charge in [0, 0.05) is 0 Å². The number of unbranched alkanes of at least 4 members (excludes halogenated alkanes) is 2. The zero-order chi connectivity index (χ0) is 9.52. The molecule has 0 spiro atoms. The largest absolute Gasteiger partial charge is 0.465 e. The molecule has 0 aromatic heterocycles. The number of hydrogen-bond acceptors (Lipinski definition) is 2. The lowest BCUT2D eigenvalue weighted by molar-refractivity contribution is -0.141. The van der Waals surface area contributed by atoms with Gasteiger partial charge in [0.05, 0.1) is 12.5 Å². The Labute approximate surface area is 80.7 Å². The molecule has 75 valence electrons. The Kier molecular flexibility index (Phi) is 4.87. The number of carbonyl (C=O) groups is 1. The lowest BCUT2D eigenvalue weighted by atomic mass is 9.96. The third kappa shape index (κ3) is 3.79. The van der Waals surface area contributed by atoms with E-state index in [4.69, 9.17) is 4.74 Å². The molecule has 1 aliphatic rings. The molecule has 0 amide bonds. The fourth-order valence-electron chi connectivity index (χ4n) is 1.62. The first-order valence-electron chi connectivity index (χ1n) is 5.36. The highest BCUT2D eigenvalue weighted by atomic mass is 16.5. The maximum atomic E-state index is 11.3. The van der Waals surface area contributed by atoms with Gasteiger partial charge in [-0.15, -0.1) is 0 Å². The first-order valence-corrected chi connectivity index (χ1v) is 5.36. The van der Waals surface area contributed by atoms with Gasteiger partial charge in [-0.05, 0) is 25.7 Å². The predicted molar refractivity (Wildman–Crippen MR) is 52.2 cm³/mol. The average molecular weight is 183 g/mol. The third-order valence-corrected chi connectivity index (χ3v) is 2.48. The monoisotopic (exact) mass is 183 g/mol. The molecule has 0 saturated carbocycles. The first kappa shape index (κ1) is 10.6. The number of carbonyl (C=O) groups excluding carboxylic acids is 1. The van der Waals surface area contributed by atoms with Crippen LogP contribution in [0.1, 0.15) is 51.9 Å². The highest BCUT2D eigenvalue weighted by molar-refractivity contribution is 5.84. The Bertz CT molecular complexity index is 154. The summed E-state index contributed by atoms with van der Waals surface area (Å²) in [5, 5.41) is 0. The predicted octanol–water partition coefficient (Wildman–Crippen LogP) is 2.87. The van der Waals surface area contributed by atoms with Gasteiger partial charge >= 0.3 is 5.97 Å². The van der Waals surface area contributed by atoms with Crippen LogP contribution in [-0.4, -0.2) is 12.6 Å². The molecule has 0 aliphatic carbocycles. The zero-order valence-corrected chi connectivity index (χ0v) is 8.47. The first-order chi connectivity index (χ1) is 6.34. The van der Waals surface area contributed by atoms with Crippen molar-refractivity contribution in [2.24, 2.45) is 0 Å². The molecule has 2 heteroatoms. The topological polar surface area (TPSA) is 26.3 Å². The van der Waals surface area contributed by atoms with Gasteiger partial charge in [-0.3, -0.25) is 4.79 Å². The molecule has 1 radical (unpaired) electrons. The minimum Gasteiger partial charge on any atom is -0.465 e. The van der Waals surface area contributed by atoms with Crippen molar-refractivity contribution in [3.8, 4) is 0 Å². The molecule has 0 aromatic carbocycles. The van der Waals surface area contributed by atoms with Gasteiger partial charge in [-0.1, -0.05) is 26.2 Å². The van der Waals surface area contributed by atoms with E-state index in [0.29, 0.717) is 6.61 Å². The van der Waals surface area contributed by atoms with Crippen LogP contribution in [-0.2, 0) is 9.53 Å². The number of rotatable bonds is 4. The summed E-state index contributed by atoms with van der Waals surface area (Å²) < 4.78 is 5.07. The summed E-state index contributed by atoms with van der Waals surface area (Å²) in [6, 6.07) is 0. The lowest BCUT2D eigenvalue weighted by Gasteiger charge is -2.09. The quantitative estimate of drug-likeness (QED) is 0.495. The Morgan fingerprint density at radius 1 is 1.31 bits per heavy atom. The van der Waals surface area contributed by atoms with Crippen LogP contribution in [0.5, 0.6) is 0 Å². The van der Waals surface area contributed by atoms with Crippen molar-refractivity contribution in [1.82, 2.24) is 0 Å². The Balaban J connectivity index is 2.24. The van der Waals surface area contributed by atoms with Crippen molar-refractivity contribution < 1.29 is 9.53 Å². The molecule has 0 aromatic rings. The molecule has 1 saturated heterocycles. The lowest BCUT2D eigenvalue weighted by Crippen LogP contribution is -2.13. The van der Waals surface area contributed by atoms with Gasteiger partial charge < -0.3 is 4.74 Å². The molecule has 1 heterocycles. The fourth-order valence-corrected chi connectivity index (χ4v) is 1.62. The van der Waals surface area contributed by atoms with E-state index in [1.54, 1.807) is 0 Å². The Hall–Kier alpha value is -0.530. The van der Waals surface area contributed by atoms with E-state index in [-0.39, 0.29) is 5.97 Å². The van der Waals surface area contributed by atoms with E-state index >= 15 is 0 Å². The SMILES string of the molecule is CCCCC[C]1CCCCOC1=O. The Morgan fingerprint density at radius 3 is 2.92 bits per heavy atom. The van der Waals surface area contributed by atoms with Gasteiger partial charge in [0.2, 0.25) is 0 Å². The fraction of sp³-hybridized carbons (Fsp3) is 0.818. The van der Waals surface area contributed by atoms with Crippen molar-refractivity contribution in [3.63, 3.8) is 0 Å². The van der Waals surface area contributed by atoms with Crippen LogP contribution in [0.2, 0.25) is 0 Å². The molecule has 1 fully saturated rings. The molecule has 0 atom stereocenters. The molecule has 13 heavy (non-hydrogen) atoms. The van der Waals surface area contributed by atoms with Crippen LogP contribution in [0, 0.1) is 5.92 Å². The summed E-state index contributed by atoms with van der Waals surface area (Å²) in [7, 11) is 0. The van der Waals surface area contributed by atoms with Crippen LogP contribution in [0.4, 0.5) is 0 Å². The summed E-state index contributed by atoms with van der Waals surface area (Å²) in [6.07, 6.45) is 7.63. The van der Waals surface area contributed by atoms with Gasteiger partial charge in [0.25, 0.3) is 0 Å². The number of ether oxygens (including phenoxy) is 1. The molecule has 1 rings (SSSR count). The van der Waals surface area contributed by atoms with E-state index in [1.807, 2.05) is 0 Å². The Morgan fingerprint density at radius 2 is 2.15 bits per heavy atom. The van der Waals surface area contributed by atoms with Gasteiger partial charge in [-0.25, -0.2) is 0 Å². The summed E-state index contributed by atoms with van der Waals surface area (Å²) in [5.74, 6) is 0.986. The molecule has 2 nitrogen and oxygen atoms in total. The van der Waals surface area contributed by atoms with E-state index in [0.717, 1.165) is 38.0 Å². The van der Waals surface area contributed by atoms with E-state index < -0.39 is 0 Å². The van der Waals surface area contributed by atoms with Crippen LogP contribution in [0.25, 0.3) is 0 Å². The van der Waals surface area contributed by atoms with Crippen molar-refractivity contribution >= 4 is 5.97 Å². The van der Waals surface area contributed by atoms with Gasteiger partial charge in [0.1, 0.15) is 0 Å². The summed E-state index contributed by atoms with van der Waals surface area (Å²) in [6.45, 7) is 2.80. The molecule has 0 unspecified atom stereocenters. The second-order valence-electron chi connectivity index (χ2n) is 3.65. The average Bonchev–Trinajstić information content (AvgIpc) is 2.32. The molecule has 1 aliphatic heterocycles. The minimum absolute atomic E-state index is 0.0337. The van der Waals surface area contributed by atoms with Gasteiger partial charge in [-0.2, -0.15) is 0 Å². The highest BCUT2D eigenvalue weighted by Gasteiger charge is 2.22. The van der Waals surface area contributed by atoms with E-state index in [1.165, 1.54) is 12.8 Å². The standard InChI is InChI=1S/C11H19O2/c1-2-3-4-7-10-8-5-6-9-13-11(10)12/h2-9H2,1H3. The third-order valence-electron chi connectivity index (χ3n) is 2.48. The normalized spacial score (nSPS) is 19.6. The molecular weight excluding hydrogens is 164 g/mol. The summed E-state index contributed by atoms with van der Waals surface area (Å²) >= 11 is 0. The summed E-state index contributed by atoms with van der Waals surface area (Å²) in [5.41, 5.74) is 0. The number of cyclic esters (lactones) is 1. The van der Waals surface area contributed by atoms with Crippen molar-refractivity contribution in [1.29, 1.82) is 0 Å². The summed E-state index contributed by atoms with van der Waals surface area (Å²) in [4.78, 5) is 11.3. The number of esters is 1. The van der Waals surface area contributed by atoms with E-state index in [2.05, 4.69) is 6.92 Å². The van der Waals surface area contributed by atoms with Crippen molar-refractivity contribution in [2.75, 3.05) is 6.61 Å². The molecule has 0 N–H and O–H groups in total. The molecular formula is C11H19O2. The minimum atomic E-state index is -0.0337. The highest BCUT2D eigenvalue weighted by Crippen LogP contribution is 2.23. The van der Waals surface area contributed by atoms with E-state index in [9.17, 15) is 4.79 Å². The molecule has 0 bridgehead atoms. The van der Waals surface area contributed by atoms with Crippen LogP contribution in [0.3, 0.4) is 0 Å². The second-order valence-corrected chi connectivity index (χ2v) is 3.65. The van der Waals surface area contributed by atoms with Crippen molar-refractivity contribution in [3.05, 3.63) is 5.92 Å². The van der Waals surface area contributed by atoms with Crippen LogP contribution >= 0.6 is 0 Å². The maximum absolute atomic E-state index is 11.3. The number of hydrogen-bond donors (Lipinski definition) is 0. The van der Waals surface area contributed by atoms with Crippen LogP contribution in [0.15, 0.2) is 0 Å². The zero-order valence-electron chi connectivity index (χ0n) is 8.47. The van der Waals surface area contributed by atoms with Crippen LogP contribution < -0.4 is 0 Å². The van der Waals surface area contributed by atoms with Crippen molar-refractivity contribution in [2.45, 2.75) is 51.9 Å². The smallest absolute Gasteiger partial charge is 0.313 e. The van der Waals surface area contributed by atoms with Gasteiger partial charge in [0.15, 0.2) is 0 Å². The second kappa shape index (κ2) is 6.01. The maximum Gasteiger partial charge on any atom is 0.313 e.